The predicted molar refractivity (Wildman–Crippen MR) is 68.2 cm³/mol. The van der Waals surface area contributed by atoms with Crippen LogP contribution >= 0.6 is 0 Å². The molecular weight excluding hydrogens is 244 g/mol. The number of likely N-dealkylation sites (tertiary alicyclic amines) is 1. The number of nitrogens with one attached hydrogen (secondary N) is 1. The van der Waals surface area contributed by atoms with E-state index in [1.165, 1.54) is 0 Å². The van der Waals surface area contributed by atoms with Gasteiger partial charge < -0.3 is 15.0 Å². The van der Waals surface area contributed by atoms with Gasteiger partial charge in [0.2, 0.25) is 5.91 Å². The average molecular weight is 260 g/mol. The molecule has 5 nitrogen and oxygen atoms in total. The van der Waals surface area contributed by atoms with Gasteiger partial charge in [0, 0.05) is 25.6 Å². The van der Waals surface area contributed by atoms with Gasteiger partial charge >= 0.3 is 6.09 Å². The Morgan fingerprint density at radius 3 is 2.84 bits per heavy atom. The molecule has 2 heterocycles. The third-order valence-electron chi connectivity index (χ3n) is 3.78. The lowest BCUT2D eigenvalue weighted by molar-refractivity contribution is -0.122. The van der Waals surface area contributed by atoms with Crippen LogP contribution in [-0.2, 0) is 16.1 Å². The number of rotatable bonds is 2. The van der Waals surface area contributed by atoms with Crippen LogP contribution in [0.4, 0.5) is 4.79 Å². The average Bonchev–Trinajstić information content (AvgIpc) is 3.00. The number of nitrogens with zero attached hydrogens (tertiary/aromatic N) is 1. The summed E-state index contributed by atoms with van der Waals surface area (Å²) in [6.45, 7) is 2.03. The Kier molecular flexibility index (Phi) is 3.11. The molecule has 0 aliphatic carbocycles. The molecule has 2 saturated heterocycles. The quantitative estimate of drug-likeness (QED) is 0.863. The molecule has 1 aromatic carbocycles. The minimum atomic E-state index is -0.328. The molecular formula is C14H16N2O3. The summed E-state index contributed by atoms with van der Waals surface area (Å²) in [6.07, 6.45) is -0.328. The van der Waals surface area contributed by atoms with Gasteiger partial charge in [0.1, 0.15) is 6.61 Å². The Bertz CT molecular complexity index is 489. The molecule has 2 aliphatic heterocycles. The van der Waals surface area contributed by atoms with Gasteiger partial charge in [-0.2, -0.15) is 0 Å². The van der Waals surface area contributed by atoms with E-state index in [1.807, 2.05) is 30.3 Å². The first-order valence-corrected chi connectivity index (χ1v) is 6.47. The van der Waals surface area contributed by atoms with Crippen molar-refractivity contribution in [3.8, 4) is 0 Å². The van der Waals surface area contributed by atoms with Crippen molar-refractivity contribution >= 4 is 12.0 Å². The maximum Gasteiger partial charge on any atom is 0.410 e. The first-order valence-electron chi connectivity index (χ1n) is 6.47. The Hall–Kier alpha value is -2.04. The van der Waals surface area contributed by atoms with E-state index in [1.54, 1.807) is 4.90 Å². The molecule has 2 fully saturated rings. The van der Waals surface area contributed by atoms with Crippen LogP contribution in [0.25, 0.3) is 0 Å². The summed E-state index contributed by atoms with van der Waals surface area (Å²) in [7, 11) is 0. The van der Waals surface area contributed by atoms with E-state index < -0.39 is 0 Å². The van der Waals surface area contributed by atoms with E-state index >= 15 is 0 Å². The highest BCUT2D eigenvalue weighted by Crippen LogP contribution is 2.27. The predicted octanol–water partition coefficient (Wildman–Crippen LogP) is 1.00. The van der Waals surface area contributed by atoms with Gasteiger partial charge in [-0.25, -0.2) is 4.79 Å². The fourth-order valence-corrected chi connectivity index (χ4v) is 2.70. The monoisotopic (exact) mass is 260 g/mol. The molecule has 0 spiro atoms. The molecule has 1 aromatic rings. The van der Waals surface area contributed by atoms with Crippen molar-refractivity contribution < 1.29 is 14.3 Å². The Morgan fingerprint density at radius 1 is 1.32 bits per heavy atom. The highest BCUT2D eigenvalue weighted by atomic mass is 16.6. The normalized spacial score (nSPS) is 25.1. The molecule has 2 atom stereocenters. The lowest BCUT2D eigenvalue weighted by Crippen LogP contribution is -2.33. The number of fused-ring (bicyclic) bond motifs is 1. The summed E-state index contributed by atoms with van der Waals surface area (Å²) in [6, 6.07) is 9.58. The van der Waals surface area contributed by atoms with Crippen LogP contribution in [0.15, 0.2) is 30.3 Å². The summed E-state index contributed by atoms with van der Waals surface area (Å²) in [4.78, 5) is 25.1. The Morgan fingerprint density at radius 2 is 2.11 bits per heavy atom. The molecule has 0 radical (unpaired) electrons. The van der Waals surface area contributed by atoms with Gasteiger partial charge in [-0.05, 0) is 5.56 Å². The van der Waals surface area contributed by atoms with Crippen LogP contribution in [0.3, 0.4) is 0 Å². The summed E-state index contributed by atoms with van der Waals surface area (Å²) in [5.41, 5.74) is 0.966. The molecule has 2 unspecified atom stereocenters. The first kappa shape index (κ1) is 12.0. The zero-order valence-corrected chi connectivity index (χ0v) is 10.5. The van der Waals surface area contributed by atoms with Gasteiger partial charge in [0.15, 0.2) is 0 Å². The zero-order valence-electron chi connectivity index (χ0n) is 10.5. The van der Waals surface area contributed by atoms with E-state index in [9.17, 15) is 9.59 Å². The Labute approximate surface area is 111 Å². The van der Waals surface area contributed by atoms with Gasteiger partial charge in [-0.15, -0.1) is 0 Å². The lowest BCUT2D eigenvalue weighted by atomic mass is 10.0. The molecule has 0 bridgehead atoms. The number of amides is 2. The number of benzene rings is 1. The molecule has 1 N–H and O–H groups in total. The summed E-state index contributed by atoms with van der Waals surface area (Å²) < 4.78 is 5.27. The van der Waals surface area contributed by atoms with E-state index in [0.717, 1.165) is 5.56 Å². The minimum absolute atomic E-state index is 0.0516. The lowest BCUT2D eigenvalue weighted by Gasteiger charge is -2.17. The molecule has 0 saturated carbocycles. The van der Waals surface area contributed by atoms with Gasteiger partial charge in [-0.3, -0.25) is 4.79 Å². The maximum atomic E-state index is 11.9. The molecule has 0 aromatic heterocycles. The van der Waals surface area contributed by atoms with E-state index in [-0.39, 0.29) is 30.4 Å². The number of hydrogen-bond acceptors (Lipinski definition) is 3. The number of ether oxygens (including phenoxy) is 1. The molecule has 2 amide bonds. The van der Waals surface area contributed by atoms with Crippen molar-refractivity contribution in [2.45, 2.75) is 6.61 Å². The molecule has 19 heavy (non-hydrogen) atoms. The molecule has 2 aliphatic rings. The van der Waals surface area contributed by atoms with Gasteiger partial charge in [-0.1, -0.05) is 30.3 Å². The van der Waals surface area contributed by atoms with E-state index in [4.69, 9.17) is 4.74 Å². The van der Waals surface area contributed by atoms with Crippen molar-refractivity contribution in [3.05, 3.63) is 35.9 Å². The van der Waals surface area contributed by atoms with Crippen molar-refractivity contribution in [2.75, 3.05) is 19.6 Å². The fraction of sp³-hybridized carbons (Fsp3) is 0.429. The summed E-state index contributed by atoms with van der Waals surface area (Å²) in [5, 5.41) is 2.82. The van der Waals surface area contributed by atoms with Crippen LogP contribution in [0.2, 0.25) is 0 Å². The topological polar surface area (TPSA) is 58.6 Å². The first-order chi connectivity index (χ1) is 9.24. The Balaban J connectivity index is 1.53. The fourth-order valence-electron chi connectivity index (χ4n) is 2.70. The van der Waals surface area contributed by atoms with Crippen LogP contribution in [0, 0.1) is 11.8 Å². The third-order valence-corrected chi connectivity index (χ3v) is 3.78. The smallest absolute Gasteiger partial charge is 0.410 e. The molecule has 3 rings (SSSR count). The second kappa shape index (κ2) is 4.91. The molecule has 5 heteroatoms. The van der Waals surface area contributed by atoms with Crippen LogP contribution in [-0.4, -0.2) is 36.5 Å². The standard InChI is InChI=1S/C14H16N2O3/c17-13-12-8-16(7-11(12)6-15-13)14(18)19-9-10-4-2-1-3-5-10/h1-5,11-12H,6-9H2,(H,15,17). The van der Waals surface area contributed by atoms with Gasteiger partial charge in [0.25, 0.3) is 0 Å². The molecule has 100 valence electrons. The largest absolute Gasteiger partial charge is 0.445 e. The zero-order chi connectivity index (χ0) is 13.2. The van der Waals surface area contributed by atoms with Crippen molar-refractivity contribution in [1.82, 2.24) is 10.2 Å². The second-order valence-electron chi connectivity index (χ2n) is 5.06. The summed E-state index contributed by atoms with van der Waals surface area (Å²) in [5.74, 6) is 0.254. The van der Waals surface area contributed by atoms with Gasteiger partial charge in [0.05, 0.1) is 5.92 Å². The van der Waals surface area contributed by atoms with Crippen LogP contribution < -0.4 is 5.32 Å². The number of carbonyl (C=O) groups excluding carboxylic acids is 2. The summed E-state index contributed by atoms with van der Waals surface area (Å²) >= 11 is 0. The van der Waals surface area contributed by atoms with Crippen LogP contribution in [0.1, 0.15) is 5.56 Å². The number of hydrogen-bond donors (Lipinski definition) is 1. The maximum absolute atomic E-state index is 11.9. The minimum Gasteiger partial charge on any atom is -0.445 e. The van der Waals surface area contributed by atoms with E-state index in [0.29, 0.717) is 19.6 Å². The second-order valence-corrected chi connectivity index (χ2v) is 5.06. The van der Waals surface area contributed by atoms with Crippen molar-refractivity contribution in [2.24, 2.45) is 11.8 Å². The van der Waals surface area contributed by atoms with Crippen molar-refractivity contribution in [3.63, 3.8) is 0 Å². The third kappa shape index (κ3) is 2.41. The van der Waals surface area contributed by atoms with Crippen molar-refractivity contribution in [1.29, 1.82) is 0 Å². The van der Waals surface area contributed by atoms with Crippen LogP contribution in [0.5, 0.6) is 0 Å². The SMILES string of the molecule is O=C1NCC2CN(C(=O)OCc3ccccc3)CC12. The highest BCUT2D eigenvalue weighted by Gasteiger charge is 2.43. The highest BCUT2D eigenvalue weighted by molar-refractivity contribution is 5.83. The van der Waals surface area contributed by atoms with E-state index in [2.05, 4.69) is 5.32 Å². The number of carbonyl (C=O) groups is 2.